The molecule has 1 aromatic rings. The van der Waals surface area contributed by atoms with Gasteiger partial charge in [0.05, 0.1) is 4.92 Å². The quantitative estimate of drug-likeness (QED) is 0.401. The van der Waals surface area contributed by atoms with Crippen LogP contribution in [0.2, 0.25) is 0 Å². The third-order valence-electron chi connectivity index (χ3n) is 3.62. The molecule has 0 aromatic heterocycles. The molecule has 1 amide bonds. The number of anilines is 1. The first-order chi connectivity index (χ1) is 10.7. The van der Waals surface area contributed by atoms with Crippen LogP contribution in [-0.2, 0) is 4.79 Å². The lowest BCUT2D eigenvalue weighted by atomic mass is 9.93. The molecule has 0 unspecified atom stereocenters. The molecule has 0 fully saturated rings. The summed E-state index contributed by atoms with van der Waals surface area (Å²) in [6.45, 7) is 5.88. The highest BCUT2D eigenvalue weighted by Gasteiger charge is 2.20. The monoisotopic (exact) mass is 358 g/mol. The van der Waals surface area contributed by atoms with E-state index in [0.29, 0.717) is 32.5 Å². The molecule has 0 aliphatic heterocycles. The summed E-state index contributed by atoms with van der Waals surface area (Å²) < 4.78 is 0. The number of carbonyl (C=O) groups is 1. The first kappa shape index (κ1) is 22.1. The molecule has 3 N–H and O–H groups in total. The number of carbonyl (C=O) groups excluding carboxylic acids is 1. The van der Waals surface area contributed by atoms with Gasteiger partial charge in [-0.05, 0) is 30.5 Å². The van der Waals surface area contributed by atoms with Crippen molar-refractivity contribution in [2.45, 2.75) is 26.7 Å². The summed E-state index contributed by atoms with van der Waals surface area (Å²) in [5.74, 6) is 0.0945. The van der Waals surface area contributed by atoms with Gasteiger partial charge in [-0.1, -0.05) is 13.8 Å². The van der Waals surface area contributed by atoms with E-state index in [2.05, 4.69) is 5.32 Å². The molecule has 0 aliphatic carbocycles. The first-order valence-electron chi connectivity index (χ1n) is 7.67. The SMILES string of the molecule is CN(CC(C)(C)CN)C(=O)CCCNc1ccc([N+](=O)[O-])cc1.Cl. The van der Waals surface area contributed by atoms with Gasteiger partial charge in [-0.3, -0.25) is 14.9 Å². The highest BCUT2D eigenvalue weighted by Crippen LogP contribution is 2.16. The second-order valence-electron chi connectivity index (χ2n) is 6.45. The third kappa shape index (κ3) is 7.61. The van der Waals surface area contributed by atoms with Gasteiger partial charge in [-0.25, -0.2) is 0 Å². The van der Waals surface area contributed by atoms with E-state index in [4.69, 9.17) is 5.73 Å². The van der Waals surface area contributed by atoms with Crippen molar-refractivity contribution in [2.75, 3.05) is 32.0 Å². The molecular formula is C16H27ClN4O3. The fourth-order valence-electron chi connectivity index (χ4n) is 2.16. The zero-order chi connectivity index (χ0) is 17.5. The summed E-state index contributed by atoms with van der Waals surface area (Å²) in [5, 5.41) is 13.7. The number of non-ortho nitro benzene ring substituents is 1. The summed E-state index contributed by atoms with van der Waals surface area (Å²) in [7, 11) is 1.80. The smallest absolute Gasteiger partial charge is 0.269 e. The standard InChI is InChI=1S/C16H26N4O3.ClH/c1-16(2,11-17)12-19(3)15(21)5-4-10-18-13-6-8-14(9-7-13)20(22)23;/h6-9,18H,4-5,10-12,17H2,1-3H3;1H. The lowest BCUT2D eigenvalue weighted by molar-refractivity contribution is -0.384. The average Bonchev–Trinajstić information content (AvgIpc) is 2.51. The van der Waals surface area contributed by atoms with E-state index in [1.165, 1.54) is 12.1 Å². The van der Waals surface area contributed by atoms with Gasteiger partial charge in [0.1, 0.15) is 0 Å². The molecular weight excluding hydrogens is 332 g/mol. The number of nitrogens with two attached hydrogens (primary N) is 1. The Kier molecular flexibility index (Phi) is 9.32. The van der Waals surface area contributed by atoms with E-state index in [-0.39, 0.29) is 29.4 Å². The van der Waals surface area contributed by atoms with Gasteiger partial charge in [0, 0.05) is 44.4 Å². The van der Waals surface area contributed by atoms with Crippen molar-refractivity contribution in [1.29, 1.82) is 0 Å². The number of nitrogens with zero attached hydrogens (tertiary/aromatic N) is 2. The van der Waals surface area contributed by atoms with Crippen LogP contribution in [0.5, 0.6) is 0 Å². The summed E-state index contributed by atoms with van der Waals surface area (Å²) in [6.07, 6.45) is 1.15. The van der Waals surface area contributed by atoms with Gasteiger partial charge >= 0.3 is 0 Å². The number of hydrogen-bond donors (Lipinski definition) is 2. The van der Waals surface area contributed by atoms with E-state index in [1.54, 1.807) is 24.1 Å². The summed E-state index contributed by atoms with van der Waals surface area (Å²) in [4.78, 5) is 23.9. The number of nitro groups is 1. The van der Waals surface area contributed by atoms with Crippen LogP contribution in [0.3, 0.4) is 0 Å². The maximum absolute atomic E-state index is 12.0. The maximum Gasteiger partial charge on any atom is 0.269 e. The molecule has 0 saturated heterocycles. The molecule has 24 heavy (non-hydrogen) atoms. The van der Waals surface area contributed by atoms with Crippen LogP contribution in [0.1, 0.15) is 26.7 Å². The number of benzene rings is 1. The first-order valence-corrected chi connectivity index (χ1v) is 7.67. The zero-order valence-corrected chi connectivity index (χ0v) is 15.3. The van der Waals surface area contributed by atoms with Crippen LogP contribution in [0.25, 0.3) is 0 Å². The van der Waals surface area contributed by atoms with Crippen LogP contribution in [0.4, 0.5) is 11.4 Å². The van der Waals surface area contributed by atoms with Crippen LogP contribution >= 0.6 is 12.4 Å². The minimum absolute atomic E-state index is 0. The molecule has 8 heteroatoms. The largest absolute Gasteiger partial charge is 0.385 e. The van der Waals surface area contributed by atoms with E-state index < -0.39 is 4.92 Å². The number of rotatable bonds is 9. The average molecular weight is 359 g/mol. The molecule has 7 nitrogen and oxygen atoms in total. The Morgan fingerprint density at radius 2 is 1.92 bits per heavy atom. The van der Waals surface area contributed by atoms with Crippen molar-refractivity contribution >= 4 is 29.7 Å². The molecule has 1 rings (SSSR count). The topological polar surface area (TPSA) is 102 Å². The van der Waals surface area contributed by atoms with Crippen LogP contribution in [-0.4, -0.2) is 42.4 Å². The summed E-state index contributed by atoms with van der Waals surface area (Å²) in [6, 6.07) is 6.23. The highest BCUT2D eigenvalue weighted by molar-refractivity contribution is 5.85. The van der Waals surface area contributed by atoms with Crippen molar-refractivity contribution in [1.82, 2.24) is 4.90 Å². The second kappa shape index (κ2) is 10.1. The lowest BCUT2D eigenvalue weighted by Gasteiger charge is -2.29. The molecule has 0 atom stereocenters. The van der Waals surface area contributed by atoms with Crippen LogP contribution in [0.15, 0.2) is 24.3 Å². The molecule has 1 aromatic carbocycles. The Hall–Kier alpha value is -1.86. The Morgan fingerprint density at radius 3 is 2.42 bits per heavy atom. The van der Waals surface area contributed by atoms with Gasteiger partial charge in [0.15, 0.2) is 0 Å². The summed E-state index contributed by atoms with van der Waals surface area (Å²) >= 11 is 0. The van der Waals surface area contributed by atoms with E-state index >= 15 is 0 Å². The lowest BCUT2D eigenvalue weighted by Crippen LogP contribution is -2.39. The Labute approximate surface area is 149 Å². The zero-order valence-electron chi connectivity index (χ0n) is 14.4. The van der Waals surface area contributed by atoms with Crippen LogP contribution in [0, 0.1) is 15.5 Å². The molecule has 0 spiro atoms. The summed E-state index contributed by atoms with van der Waals surface area (Å²) in [5.41, 5.74) is 6.47. The Morgan fingerprint density at radius 1 is 1.33 bits per heavy atom. The van der Waals surface area contributed by atoms with Crippen molar-refractivity contribution in [2.24, 2.45) is 11.1 Å². The number of nitrogens with one attached hydrogen (secondary N) is 1. The van der Waals surface area contributed by atoms with Gasteiger partial charge in [0.2, 0.25) is 5.91 Å². The molecule has 136 valence electrons. The van der Waals surface area contributed by atoms with Crippen LogP contribution < -0.4 is 11.1 Å². The van der Waals surface area contributed by atoms with Crippen molar-refractivity contribution in [3.63, 3.8) is 0 Å². The van der Waals surface area contributed by atoms with Gasteiger partial charge in [-0.2, -0.15) is 0 Å². The highest BCUT2D eigenvalue weighted by atomic mass is 35.5. The molecule has 0 heterocycles. The minimum atomic E-state index is -0.429. The molecule has 0 saturated carbocycles. The minimum Gasteiger partial charge on any atom is -0.385 e. The van der Waals surface area contributed by atoms with Gasteiger partial charge in [-0.15, -0.1) is 12.4 Å². The van der Waals surface area contributed by atoms with E-state index in [0.717, 1.165) is 5.69 Å². The predicted octanol–water partition coefficient (Wildman–Crippen LogP) is 2.65. The van der Waals surface area contributed by atoms with E-state index in [9.17, 15) is 14.9 Å². The maximum atomic E-state index is 12.0. The van der Waals surface area contributed by atoms with Gasteiger partial charge < -0.3 is 16.0 Å². The van der Waals surface area contributed by atoms with Gasteiger partial charge in [0.25, 0.3) is 5.69 Å². The number of halogens is 1. The Bertz CT molecular complexity index is 535. The number of hydrogen-bond acceptors (Lipinski definition) is 5. The molecule has 0 aliphatic rings. The molecule has 0 bridgehead atoms. The van der Waals surface area contributed by atoms with Crippen molar-refractivity contribution in [3.8, 4) is 0 Å². The predicted molar refractivity (Wildman–Crippen MR) is 98.5 cm³/mol. The van der Waals surface area contributed by atoms with Crippen molar-refractivity contribution in [3.05, 3.63) is 34.4 Å². The fourth-order valence-corrected chi connectivity index (χ4v) is 2.16. The van der Waals surface area contributed by atoms with Crippen molar-refractivity contribution < 1.29 is 9.72 Å². The van der Waals surface area contributed by atoms with E-state index in [1.807, 2.05) is 13.8 Å². The normalized spacial score (nSPS) is 10.7. The number of amides is 1. The Balaban J connectivity index is 0.00000529. The molecule has 0 radical (unpaired) electrons. The third-order valence-corrected chi connectivity index (χ3v) is 3.62. The fraction of sp³-hybridized carbons (Fsp3) is 0.562. The second-order valence-corrected chi connectivity index (χ2v) is 6.45. The number of nitro benzene ring substituents is 1.